The number of unbranched alkanes of at least 4 members (excludes halogenated alkanes) is 2. The highest BCUT2D eigenvalue weighted by Gasteiger charge is 2.21. The summed E-state index contributed by atoms with van der Waals surface area (Å²) in [4.78, 5) is 0. The number of rotatable bonds is 4. The minimum atomic E-state index is 0.793. The Labute approximate surface area is 139 Å². The van der Waals surface area contributed by atoms with Crippen LogP contribution >= 0.6 is 0 Å². The highest BCUT2D eigenvalue weighted by atomic mass is 14.3. The smallest absolute Gasteiger partial charge is 0.0102 e. The van der Waals surface area contributed by atoms with Gasteiger partial charge >= 0.3 is 0 Å². The van der Waals surface area contributed by atoms with Crippen LogP contribution in [0.25, 0.3) is 21.5 Å². The van der Waals surface area contributed by atoms with Gasteiger partial charge in [0.15, 0.2) is 0 Å². The lowest BCUT2D eigenvalue weighted by Crippen LogP contribution is -2.10. The van der Waals surface area contributed by atoms with Crippen molar-refractivity contribution in [2.24, 2.45) is 0 Å². The largest absolute Gasteiger partial charge is 0.0654 e. The molecule has 1 aliphatic rings. The number of fused-ring (bicyclic) bond motifs is 5. The van der Waals surface area contributed by atoms with E-state index in [4.69, 9.17) is 0 Å². The highest BCUT2D eigenvalue weighted by molar-refractivity contribution is 6.08. The molecule has 0 amide bonds. The van der Waals surface area contributed by atoms with E-state index < -0.39 is 0 Å². The normalized spacial score (nSPS) is 17.5. The standard InChI is InChI=1S/C23H26/c1-2-3-4-8-17-10-7-12-21-20(17)15-16-22-19-11-6-5-9-18(19)13-14-23(21)22/h5-6,9,11,13-17H,2-4,7-8,10,12H2,1H3. The second kappa shape index (κ2) is 6.35. The molecule has 3 aromatic carbocycles. The van der Waals surface area contributed by atoms with E-state index in [0.717, 1.165) is 5.92 Å². The van der Waals surface area contributed by atoms with E-state index in [0.29, 0.717) is 0 Å². The molecule has 3 aromatic rings. The molecule has 0 bridgehead atoms. The van der Waals surface area contributed by atoms with Gasteiger partial charge in [-0.25, -0.2) is 0 Å². The molecule has 0 aliphatic heterocycles. The van der Waals surface area contributed by atoms with E-state index in [1.165, 1.54) is 66.5 Å². The lowest BCUT2D eigenvalue weighted by molar-refractivity contribution is 0.495. The Hall–Kier alpha value is -1.82. The highest BCUT2D eigenvalue weighted by Crippen LogP contribution is 2.40. The van der Waals surface area contributed by atoms with Crippen molar-refractivity contribution >= 4 is 21.5 Å². The van der Waals surface area contributed by atoms with Gasteiger partial charge < -0.3 is 0 Å². The molecule has 0 spiro atoms. The summed E-state index contributed by atoms with van der Waals surface area (Å²) >= 11 is 0. The van der Waals surface area contributed by atoms with Crippen LogP contribution in [0.2, 0.25) is 0 Å². The fourth-order valence-corrected chi connectivity index (χ4v) is 4.45. The van der Waals surface area contributed by atoms with Crippen LogP contribution in [0, 0.1) is 0 Å². The molecule has 0 heteroatoms. The zero-order chi connectivity index (χ0) is 15.6. The zero-order valence-electron chi connectivity index (χ0n) is 14.1. The van der Waals surface area contributed by atoms with Gasteiger partial charge in [-0.3, -0.25) is 0 Å². The van der Waals surface area contributed by atoms with Crippen molar-refractivity contribution in [1.82, 2.24) is 0 Å². The van der Waals surface area contributed by atoms with Crippen LogP contribution in [-0.2, 0) is 6.42 Å². The summed E-state index contributed by atoms with van der Waals surface area (Å²) < 4.78 is 0. The zero-order valence-corrected chi connectivity index (χ0v) is 14.1. The first kappa shape index (κ1) is 14.8. The Kier molecular flexibility index (Phi) is 4.08. The maximum absolute atomic E-state index is 2.44. The molecule has 0 fully saturated rings. The molecule has 1 atom stereocenters. The molecular formula is C23H26. The van der Waals surface area contributed by atoms with Gasteiger partial charge in [-0.05, 0) is 64.3 Å². The Balaban J connectivity index is 1.81. The Morgan fingerprint density at radius 1 is 0.870 bits per heavy atom. The lowest BCUT2D eigenvalue weighted by atomic mass is 9.78. The average molecular weight is 302 g/mol. The van der Waals surface area contributed by atoms with Crippen molar-refractivity contribution in [1.29, 1.82) is 0 Å². The first-order valence-corrected chi connectivity index (χ1v) is 9.31. The number of hydrogen-bond acceptors (Lipinski definition) is 0. The summed E-state index contributed by atoms with van der Waals surface area (Å²) in [7, 11) is 0. The third-order valence-electron chi connectivity index (χ3n) is 5.65. The summed E-state index contributed by atoms with van der Waals surface area (Å²) in [5.41, 5.74) is 3.29. The minimum absolute atomic E-state index is 0.793. The second-order valence-electron chi connectivity index (χ2n) is 7.10. The van der Waals surface area contributed by atoms with Crippen molar-refractivity contribution in [3.63, 3.8) is 0 Å². The van der Waals surface area contributed by atoms with Gasteiger partial charge in [0.25, 0.3) is 0 Å². The predicted octanol–water partition coefficient (Wildman–Crippen LogP) is 6.99. The number of aryl methyl sites for hydroxylation is 1. The molecule has 0 heterocycles. The van der Waals surface area contributed by atoms with Gasteiger partial charge in [-0.15, -0.1) is 0 Å². The molecule has 0 radical (unpaired) electrons. The van der Waals surface area contributed by atoms with Gasteiger partial charge in [0, 0.05) is 0 Å². The molecule has 118 valence electrons. The van der Waals surface area contributed by atoms with Crippen LogP contribution in [-0.4, -0.2) is 0 Å². The monoisotopic (exact) mass is 302 g/mol. The third-order valence-corrected chi connectivity index (χ3v) is 5.65. The average Bonchev–Trinajstić information content (AvgIpc) is 2.61. The summed E-state index contributed by atoms with van der Waals surface area (Å²) in [6.07, 6.45) is 9.46. The fraction of sp³-hybridized carbons (Fsp3) is 0.391. The van der Waals surface area contributed by atoms with E-state index in [1.54, 1.807) is 11.1 Å². The van der Waals surface area contributed by atoms with Crippen molar-refractivity contribution in [3.05, 3.63) is 59.7 Å². The van der Waals surface area contributed by atoms with Gasteiger partial charge in [0.1, 0.15) is 0 Å². The Morgan fingerprint density at radius 2 is 1.74 bits per heavy atom. The summed E-state index contributed by atoms with van der Waals surface area (Å²) in [6.45, 7) is 2.30. The van der Waals surface area contributed by atoms with E-state index in [1.807, 2.05) is 0 Å². The Bertz CT molecular complexity index is 828. The second-order valence-corrected chi connectivity index (χ2v) is 7.10. The predicted molar refractivity (Wildman–Crippen MR) is 101 cm³/mol. The summed E-state index contributed by atoms with van der Waals surface area (Å²) in [5.74, 6) is 0.793. The van der Waals surface area contributed by atoms with Gasteiger partial charge in [0.2, 0.25) is 0 Å². The van der Waals surface area contributed by atoms with E-state index in [9.17, 15) is 0 Å². The van der Waals surface area contributed by atoms with E-state index >= 15 is 0 Å². The van der Waals surface area contributed by atoms with Crippen LogP contribution in [0.1, 0.15) is 62.5 Å². The molecule has 1 aliphatic carbocycles. The molecule has 0 N–H and O–H groups in total. The molecule has 23 heavy (non-hydrogen) atoms. The van der Waals surface area contributed by atoms with Crippen molar-refractivity contribution < 1.29 is 0 Å². The van der Waals surface area contributed by atoms with Crippen LogP contribution in [0.4, 0.5) is 0 Å². The summed E-state index contributed by atoms with van der Waals surface area (Å²) in [5, 5.41) is 5.70. The van der Waals surface area contributed by atoms with Gasteiger partial charge in [-0.1, -0.05) is 74.7 Å². The molecule has 4 rings (SSSR count). The van der Waals surface area contributed by atoms with Crippen LogP contribution < -0.4 is 0 Å². The molecular weight excluding hydrogens is 276 g/mol. The number of benzene rings is 3. The summed E-state index contributed by atoms with van der Waals surface area (Å²) in [6, 6.07) is 18.3. The maximum atomic E-state index is 2.44. The van der Waals surface area contributed by atoms with Crippen molar-refractivity contribution in [2.45, 2.75) is 57.8 Å². The molecule has 1 unspecified atom stereocenters. The first-order chi connectivity index (χ1) is 11.4. The van der Waals surface area contributed by atoms with E-state index in [-0.39, 0.29) is 0 Å². The molecule has 0 saturated heterocycles. The number of hydrogen-bond donors (Lipinski definition) is 0. The van der Waals surface area contributed by atoms with Crippen LogP contribution in [0.15, 0.2) is 48.5 Å². The molecule has 0 nitrogen and oxygen atoms in total. The van der Waals surface area contributed by atoms with E-state index in [2.05, 4.69) is 55.5 Å². The van der Waals surface area contributed by atoms with Crippen LogP contribution in [0.3, 0.4) is 0 Å². The SMILES string of the molecule is CCCCCC1CCCc2c1ccc1c2ccc2ccccc21. The molecule has 0 aromatic heterocycles. The minimum Gasteiger partial charge on any atom is -0.0654 e. The quantitative estimate of drug-likeness (QED) is 0.360. The fourth-order valence-electron chi connectivity index (χ4n) is 4.45. The van der Waals surface area contributed by atoms with Crippen molar-refractivity contribution in [2.75, 3.05) is 0 Å². The van der Waals surface area contributed by atoms with Crippen LogP contribution in [0.5, 0.6) is 0 Å². The topological polar surface area (TPSA) is 0 Å². The lowest BCUT2D eigenvalue weighted by Gasteiger charge is -2.27. The van der Waals surface area contributed by atoms with Gasteiger partial charge in [-0.2, -0.15) is 0 Å². The van der Waals surface area contributed by atoms with Crippen molar-refractivity contribution in [3.8, 4) is 0 Å². The third kappa shape index (κ3) is 2.65. The molecule has 0 saturated carbocycles. The van der Waals surface area contributed by atoms with Gasteiger partial charge in [0.05, 0.1) is 0 Å². The first-order valence-electron chi connectivity index (χ1n) is 9.31. The maximum Gasteiger partial charge on any atom is -0.0102 e. The Morgan fingerprint density at radius 3 is 2.65 bits per heavy atom.